The van der Waals surface area contributed by atoms with E-state index in [1.807, 2.05) is 25.1 Å². The molecule has 4 rings (SSSR count). The molecule has 0 saturated carbocycles. The predicted molar refractivity (Wildman–Crippen MR) is 141 cm³/mol. The van der Waals surface area contributed by atoms with Crippen LogP contribution in [0.15, 0.2) is 42.5 Å². The monoisotopic (exact) mass is 493 g/mol. The molecule has 2 aliphatic rings. The van der Waals surface area contributed by atoms with Crippen molar-refractivity contribution in [1.82, 2.24) is 19.7 Å². The van der Waals surface area contributed by atoms with Gasteiger partial charge in [0.2, 0.25) is 5.91 Å². The van der Waals surface area contributed by atoms with E-state index in [1.165, 1.54) is 0 Å². The Bertz CT molecular complexity index is 1020. The van der Waals surface area contributed by atoms with Crippen LogP contribution in [0, 0.1) is 5.92 Å². The molecule has 194 valence electrons. The fraction of sp³-hybridized carbons (Fsp3) is 0.536. The average molecular weight is 494 g/mol. The first-order chi connectivity index (χ1) is 17.4. The summed E-state index contributed by atoms with van der Waals surface area (Å²) in [5.41, 5.74) is 1.66. The number of phenolic OH excluding ortho intramolecular Hbond substituents is 1. The SMILES string of the molecule is CCN(Cc1cccc(N2CC(N3CCN(CC)[C@@H](C)C3)C2)n1)C(=O)C(C=O)Cc1ccc(O)cc1. The average Bonchev–Trinajstić information content (AvgIpc) is 2.86. The molecule has 2 aromatic rings. The van der Waals surface area contributed by atoms with E-state index in [4.69, 9.17) is 4.98 Å². The minimum Gasteiger partial charge on any atom is -0.508 e. The maximum atomic E-state index is 13.2. The summed E-state index contributed by atoms with van der Waals surface area (Å²) in [6.07, 6.45) is 1.04. The number of anilines is 1. The number of aromatic hydroxyl groups is 1. The number of carbonyl (C=O) groups is 2. The Kier molecular flexibility index (Phi) is 8.59. The molecule has 1 aromatic carbocycles. The Balaban J connectivity index is 1.34. The van der Waals surface area contributed by atoms with E-state index in [0.717, 1.165) is 62.6 Å². The number of nitrogens with zero attached hydrogens (tertiary/aromatic N) is 5. The molecular formula is C28H39N5O3. The molecule has 2 saturated heterocycles. The first-order valence-electron chi connectivity index (χ1n) is 13.1. The quantitative estimate of drug-likeness (QED) is 0.402. The smallest absolute Gasteiger partial charge is 0.233 e. The zero-order valence-electron chi connectivity index (χ0n) is 21.7. The first-order valence-corrected chi connectivity index (χ1v) is 13.1. The largest absolute Gasteiger partial charge is 0.508 e. The van der Waals surface area contributed by atoms with E-state index in [2.05, 4.69) is 28.5 Å². The Morgan fingerprint density at radius 3 is 2.53 bits per heavy atom. The Hall–Kier alpha value is -2.97. The van der Waals surface area contributed by atoms with Gasteiger partial charge in [0.05, 0.1) is 18.2 Å². The molecule has 2 fully saturated rings. The van der Waals surface area contributed by atoms with Crippen LogP contribution in [0.25, 0.3) is 0 Å². The Morgan fingerprint density at radius 1 is 1.14 bits per heavy atom. The van der Waals surface area contributed by atoms with Crippen LogP contribution in [0.3, 0.4) is 0 Å². The van der Waals surface area contributed by atoms with Gasteiger partial charge < -0.3 is 19.7 Å². The highest BCUT2D eigenvalue weighted by Crippen LogP contribution is 2.25. The van der Waals surface area contributed by atoms with Crippen molar-refractivity contribution in [2.45, 2.75) is 45.8 Å². The van der Waals surface area contributed by atoms with Crippen molar-refractivity contribution in [3.8, 4) is 5.75 Å². The number of aromatic nitrogens is 1. The highest BCUT2D eigenvalue weighted by atomic mass is 16.3. The molecule has 0 bridgehead atoms. The molecule has 3 heterocycles. The minimum atomic E-state index is -0.760. The number of carbonyl (C=O) groups excluding carboxylic acids is 2. The second kappa shape index (κ2) is 11.8. The maximum Gasteiger partial charge on any atom is 0.233 e. The molecule has 0 aliphatic carbocycles. The van der Waals surface area contributed by atoms with Gasteiger partial charge >= 0.3 is 0 Å². The van der Waals surface area contributed by atoms with Crippen LogP contribution < -0.4 is 4.90 Å². The van der Waals surface area contributed by atoms with Gasteiger partial charge in [-0.25, -0.2) is 4.98 Å². The minimum absolute atomic E-state index is 0.163. The van der Waals surface area contributed by atoms with Gasteiger partial charge in [0, 0.05) is 51.4 Å². The normalized spacial score (nSPS) is 20.1. The molecule has 1 N–H and O–H groups in total. The Labute approximate surface area is 214 Å². The molecule has 2 atom stereocenters. The number of rotatable bonds is 10. The molecule has 8 nitrogen and oxygen atoms in total. The van der Waals surface area contributed by atoms with Crippen molar-refractivity contribution >= 4 is 18.0 Å². The highest BCUT2D eigenvalue weighted by molar-refractivity contribution is 5.92. The highest BCUT2D eigenvalue weighted by Gasteiger charge is 2.36. The summed E-state index contributed by atoms with van der Waals surface area (Å²) in [7, 11) is 0. The number of likely N-dealkylation sites (N-methyl/N-ethyl adjacent to an activating group) is 1. The van der Waals surface area contributed by atoms with Crippen LogP contribution in [0.2, 0.25) is 0 Å². The number of benzene rings is 1. The molecule has 36 heavy (non-hydrogen) atoms. The lowest BCUT2D eigenvalue weighted by Gasteiger charge is -2.50. The van der Waals surface area contributed by atoms with Crippen molar-refractivity contribution in [3.63, 3.8) is 0 Å². The van der Waals surface area contributed by atoms with Crippen molar-refractivity contribution in [3.05, 3.63) is 53.7 Å². The third-order valence-corrected chi connectivity index (χ3v) is 7.62. The van der Waals surface area contributed by atoms with Gasteiger partial charge in [-0.05, 0) is 56.6 Å². The van der Waals surface area contributed by atoms with Crippen LogP contribution >= 0.6 is 0 Å². The molecular weight excluding hydrogens is 454 g/mol. The fourth-order valence-corrected chi connectivity index (χ4v) is 5.28. The summed E-state index contributed by atoms with van der Waals surface area (Å²) in [5, 5.41) is 9.48. The first kappa shape index (κ1) is 26.1. The van der Waals surface area contributed by atoms with Crippen LogP contribution in [0.1, 0.15) is 32.0 Å². The standard InChI is InChI=1S/C28H39N5O3/c1-4-30-13-14-32(16-21(30)3)25-18-33(19-25)27-8-6-7-24(29-27)17-31(5-2)28(36)23(20-34)15-22-9-11-26(35)12-10-22/h6-12,20-21,23,25,35H,4-5,13-19H2,1-3H3/t21-,23?/m0/s1. The summed E-state index contributed by atoms with van der Waals surface area (Å²) < 4.78 is 0. The number of hydrogen-bond acceptors (Lipinski definition) is 7. The van der Waals surface area contributed by atoms with Gasteiger partial charge in [-0.1, -0.05) is 25.1 Å². The maximum absolute atomic E-state index is 13.2. The Morgan fingerprint density at radius 2 is 1.89 bits per heavy atom. The predicted octanol–water partition coefficient (Wildman–Crippen LogP) is 2.41. The third kappa shape index (κ3) is 6.05. The zero-order chi connectivity index (χ0) is 25.7. The van der Waals surface area contributed by atoms with E-state index in [1.54, 1.807) is 29.2 Å². The molecule has 1 aromatic heterocycles. The lowest BCUT2D eigenvalue weighted by atomic mass is 9.99. The van der Waals surface area contributed by atoms with E-state index >= 15 is 0 Å². The van der Waals surface area contributed by atoms with Gasteiger partial charge in [-0.15, -0.1) is 0 Å². The van der Waals surface area contributed by atoms with Gasteiger partial charge in [-0.2, -0.15) is 0 Å². The summed E-state index contributed by atoms with van der Waals surface area (Å²) in [5.74, 6) is 0.154. The summed E-state index contributed by atoms with van der Waals surface area (Å²) in [4.78, 5) is 38.9. The number of hydrogen-bond donors (Lipinski definition) is 1. The molecule has 2 aliphatic heterocycles. The zero-order valence-corrected chi connectivity index (χ0v) is 21.7. The lowest BCUT2D eigenvalue weighted by Crippen LogP contribution is -2.64. The van der Waals surface area contributed by atoms with Crippen molar-refractivity contribution in [2.24, 2.45) is 5.92 Å². The van der Waals surface area contributed by atoms with Gasteiger partial charge in [0.25, 0.3) is 0 Å². The van der Waals surface area contributed by atoms with Gasteiger partial charge in [0.15, 0.2) is 0 Å². The van der Waals surface area contributed by atoms with Gasteiger partial charge in [0.1, 0.15) is 17.9 Å². The van der Waals surface area contributed by atoms with Crippen LogP contribution in [0.4, 0.5) is 5.82 Å². The second-order valence-electron chi connectivity index (χ2n) is 9.98. The molecule has 8 heteroatoms. The molecule has 1 unspecified atom stereocenters. The second-order valence-corrected chi connectivity index (χ2v) is 9.98. The van der Waals surface area contributed by atoms with Gasteiger partial charge in [-0.3, -0.25) is 14.6 Å². The van der Waals surface area contributed by atoms with E-state index < -0.39 is 5.92 Å². The number of piperazine rings is 1. The van der Waals surface area contributed by atoms with Crippen LogP contribution in [-0.2, 0) is 22.6 Å². The van der Waals surface area contributed by atoms with Crippen molar-refractivity contribution in [2.75, 3.05) is 50.7 Å². The number of phenols is 1. The third-order valence-electron chi connectivity index (χ3n) is 7.62. The van der Waals surface area contributed by atoms with Crippen LogP contribution in [0.5, 0.6) is 5.75 Å². The summed E-state index contributed by atoms with van der Waals surface area (Å²) >= 11 is 0. The van der Waals surface area contributed by atoms with E-state index in [-0.39, 0.29) is 11.7 Å². The van der Waals surface area contributed by atoms with E-state index in [0.29, 0.717) is 31.6 Å². The van der Waals surface area contributed by atoms with Crippen molar-refractivity contribution in [1.29, 1.82) is 0 Å². The number of aldehydes is 1. The summed E-state index contributed by atoms with van der Waals surface area (Å²) in [6.45, 7) is 13.8. The molecule has 1 amide bonds. The number of pyridine rings is 1. The molecule has 0 spiro atoms. The lowest BCUT2D eigenvalue weighted by molar-refractivity contribution is -0.138. The molecule has 0 radical (unpaired) electrons. The van der Waals surface area contributed by atoms with E-state index in [9.17, 15) is 14.7 Å². The fourth-order valence-electron chi connectivity index (χ4n) is 5.28. The number of amides is 1. The topological polar surface area (TPSA) is 80.2 Å². The van der Waals surface area contributed by atoms with Crippen LogP contribution in [-0.4, -0.2) is 94.9 Å². The summed E-state index contributed by atoms with van der Waals surface area (Å²) in [6, 6.07) is 13.8. The van der Waals surface area contributed by atoms with Crippen molar-refractivity contribution < 1.29 is 14.7 Å².